The van der Waals surface area contributed by atoms with Crippen LogP contribution in [-0.4, -0.2) is 43.6 Å². The van der Waals surface area contributed by atoms with Gasteiger partial charge < -0.3 is 4.74 Å². The summed E-state index contributed by atoms with van der Waals surface area (Å²) in [5.74, 6) is -0.540. The summed E-state index contributed by atoms with van der Waals surface area (Å²) < 4.78 is 19.3. The lowest BCUT2D eigenvalue weighted by molar-refractivity contribution is -0.944. The van der Waals surface area contributed by atoms with E-state index in [9.17, 15) is 0 Å². The van der Waals surface area contributed by atoms with Crippen LogP contribution in [0.25, 0.3) is 0 Å². The van der Waals surface area contributed by atoms with Crippen molar-refractivity contribution in [2.24, 2.45) is 10.1 Å². The first-order valence-electron chi connectivity index (χ1n) is 8.52. The van der Waals surface area contributed by atoms with Crippen molar-refractivity contribution in [2.75, 3.05) is 20.3 Å². The van der Waals surface area contributed by atoms with E-state index in [0.29, 0.717) is 28.8 Å². The van der Waals surface area contributed by atoms with Gasteiger partial charge in [-0.15, -0.1) is 4.59 Å². The number of nitrogens with zero attached hydrogens (tertiary/aromatic N) is 3. The second-order valence-electron chi connectivity index (χ2n) is 6.54. The van der Waals surface area contributed by atoms with Crippen LogP contribution in [0.2, 0.25) is 10.0 Å². The Bertz CT molecular complexity index is 927. The summed E-state index contributed by atoms with van der Waals surface area (Å²) in [4.78, 5) is 4.12. The van der Waals surface area contributed by atoms with Gasteiger partial charge in [-0.1, -0.05) is 44.2 Å². The van der Waals surface area contributed by atoms with E-state index in [1.807, 2.05) is 31.3 Å². The first kappa shape index (κ1) is 19.8. The van der Waals surface area contributed by atoms with Crippen molar-refractivity contribution in [1.29, 1.82) is 0 Å². The molecule has 2 aliphatic heterocycles. The molecule has 2 aromatic carbocycles. The molecule has 28 heavy (non-hydrogen) atoms. The van der Waals surface area contributed by atoms with E-state index >= 15 is 0 Å². The van der Waals surface area contributed by atoms with Crippen molar-refractivity contribution in [3.63, 3.8) is 0 Å². The number of rotatable bonds is 5. The molecule has 2 heterocycles. The third-order valence-corrected chi connectivity index (χ3v) is 5.63. The molecule has 0 radical (unpaired) electrons. The lowest BCUT2D eigenvalue weighted by Crippen LogP contribution is -2.56. The van der Waals surface area contributed by atoms with Crippen molar-refractivity contribution in [3.8, 4) is 5.75 Å². The molecule has 3 atom stereocenters. The third-order valence-electron chi connectivity index (χ3n) is 4.56. The van der Waals surface area contributed by atoms with Gasteiger partial charge in [-0.25, -0.2) is 0 Å². The van der Waals surface area contributed by atoms with Gasteiger partial charge in [0.25, 0.3) is 0 Å². The molecule has 0 amide bonds. The van der Waals surface area contributed by atoms with Crippen molar-refractivity contribution in [1.82, 2.24) is 0 Å². The third kappa shape index (κ3) is 3.58. The molecular weight excluding hydrogens is 469 g/mol. The van der Waals surface area contributed by atoms with E-state index in [1.54, 1.807) is 24.5 Å². The molecule has 2 aromatic rings. The summed E-state index contributed by atoms with van der Waals surface area (Å²) >= 11 is 16.0. The molecule has 1 fully saturated rings. The largest absolute Gasteiger partial charge is 0.491 e. The molecule has 0 spiro atoms. The highest BCUT2D eigenvalue weighted by Crippen LogP contribution is 2.45. The number of hydrogen-bond acceptors (Lipinski definition) is 5. The standard InChI is InChI=1S/C19H17BrCl2N3O3/c1-25(12-23-11-24-25)19(17-7-4-14(21)8-18(17)22)27-10-16(28-19)9-26-15-5-2-13(20)3-6-15/h2-8,11-12,16H,9-10H2,1H3/q+1. The van der Waals surface area contributed by atoms with E-state index in [4.69, 9.17) is 37.4 Å². The van der Waals surface area contributed by atoms with Crippen LogP contribution in [-0.2, 0) is 15.4 Å². The second kappa shape index (κ2) is 7.74. The highest BCUT2D eigenvalue weighted by atomic mass is 79.9. The minimum atomic E-state index is -1.29. The van der Waals surface area contributed by atoms with Crippen LogP contribution in [0.15, 0.2) is 57.0 Å². The summed E-state index contributed by atoms with van der Waals surface area (Å²) in [7, 11) is 1.83. The van der Waals surface area contributed by atoms with Crippen LogP contribution in [0, 0.1) is 0 Å². The first-order chi connectivity index (χ1) is 13.4. The van der Waals surface area contributed by atoms with Gasteiger partial charge in [-0.05, 0) is 42.5 Å². The van der Waals surface area contributed by atoms with Gasteiger partial charge in [-0.3, -0.25) is 9.47 Å². The molecule has 3 unspecified atom stereocenters. The predicted molar refractivity (Wildman–Crippen MR) is 112 cm³/mol. The zero-order valence-electron chi connectivity index (χ0n) is 14.9. The molecule has 4 rings (SSSR count). The highest BCUT2D eigenvalue weighted by Gasteiger charge is 2.61. The molecule has 0 saturated carbocycles. The number of hydrogen-bond donors (Lipinski definition) is 0. The SMILES string of the molecule is C[N+]1(C2(c3ccc(Cl)cc3Cl)OCC(COc3ccc(Br)cc3)O2)C=NC=N1. The van der Waals surface area contributed by atoms with E-state index < -0.39 is 5.91 Å². The van der Waals surface area contributed by atoms with Gasteiger partial charge in [0.2, 0.25) is 6.34 Å². The Kier molecular flexibility index (Phi) is 5.48. The zero-order valence-corrected chi connectivity index (χ0v) is 18.0. The number of halogens is 3. The van der Waals surface area contributed by atoms with Crippen molar-refractivity contribution in [2.45, 2.75) is 12.0 Å². The van der Waals surface area contributed by atoms with E-state index in [-0.39, 0.29) is 10.7 Å². The Morgan fingerprint density at radius 3 is 2.71 bits per heavy atom. The Morgan fingerprint density at radius 2 is 2.04 bits per heavy atom. The maximum Gasteiger partial charge on any atom is 0.380 e. The molecule has 0 aliphatic carbocycles. The Hall–Kier alpha value is -1.48. The van der Waals surface area contributed by atoms with E-state index in [2.05, 4.69) is 26.0 Å². The van der Waals surface area contributed by atoms with Crippen molar-refractivity contribution >= 4 is 51.8 Å². The van der Waals surface area contributed by atoms with Gasteiger partial charge in [0.15, 0.2) is 6.34 Å². The second-order valence-corrected chi connectivity index (χ2v) is 8.30. The smallest absolute Gasteiger partial charge is 0.380 e. The zero-order chi connectivity index (χ0) is 19.8. The monoisotopic (exact) mass is 484 g/mol. The summed E-state index contributed by atoms with van der Waals surface area (Å²) in [6.45, 7) is 0.627. The van der Waals surface area contributed by atoms with Crippen LogP contribution < -0.4 is 4.74 Å². The van der Waals surface area contributed by atoms with Crippen LogP contribution in [0.1, 0.15) is 5.56 Å². The Balaban J connectivity index is 1.60. The molecule has 1 saturated heterocycles. The topological polar surface area (TPSA) is 52.4 Å². The number of quaternary nitrogens is 1. The van der Waals surface area contributed by atoms with Crippen LogP contribution in [0.3, 0.4) is 0 Å². The molecular formula is C19H17BrCl2N3O3+. The summed E-state index contributed by atoms with van der Waals surface area (Å²) in [5.41, 5.74) is 0.623. The average molecular weight is 486 g/mol. The van der Waals surface area contributed by atoms with Crippen molar-refractivity contribution < 1.29 is 18.8 Å². The fraction of sp³-hybridized carbons (Fsp3) is 0.263. The van der Waals surface area contributed by atoms with Gasteiger partial charge in [-0.2, -0.15) is 4.99 Å². The van der Waals surface area contributed by atoms with Gasteiger partial charge >= 0.3 is 5.91 Å². The normalized spacial score (nSPS) is 28.8. The molecule has 6 nitrogen and oxygen atoms in total. The summed E-state index contributed by atoms with van der Waals surface area (Å²) in [5, 5.41) is 5.38. The number of aliphatic imine (C=N–C) groups is 1. The minimum Gasteiger partial charge on any atom is -0.491 e. The number of ether oxygens (including phenoxy) is 3. The fourth-order valence-electron chi connectivity index (χ4n) is 3.15. The Labute approximate surface area is 181 Å². The van der Waals surface area contributed by atoms with E-state index in [0.717, 1.165) is 10.2 Å². The van der Waals surface area contributed by atoms with Crippen LogP contribution in [0.4, 0.5) is 0 Å². The summed E-state index contributed by atoms with van der Waals surface area (Å²) in [6.07, 6.45) is 2.78. The fourth-order valence-corrected chi connectivity index (χ4v) is 3.94. The molecule has 0 N–H and O–H groups in total. The van der Waals surface area contributed by atoms with Gasteiger partial charge in [0.1, 0.15) is 25.5 Å². The van der Waals surface area contributed by atoms with Crippen LogP contribution >= 0.6 is 39.1 Å². The minimum absolute atomic E-state index is 0.0802. The highest BCUT2D eigenvalue weighted by molar-refractivity contribution is 9.10. The molecule has 0 bridgehead atoms. The lowest BCUT2D eigenvalue weighted by Gasteiger charge is -2.36. The van der Waals surface area contributed by atoms with Gasteiger partial charge in [0, 0.05) is 9.50 Å². The quantitative estimate of drug-likeness (QED) is 0.572. The predicted octanol–water partition coefficient (Wildman–Crippen LogP) is 4.79. The Morgan fingerprint density at radius 1 is 1.25 bits per heavy atom. The summed E-state index contributed by atoms with van der Waals surface area (Å²) in [6, 6.07) is 12.8. The van der Waals surface area contributed by atoms with E-state index in [1.165, 1.54) is 6.34 Å². The number of benzene rings is 2. The molecule has 9 heteroatoms. The maximum atomic E-state index is 6.49. The van der Waals surface area contributed by atoms with Gasteiger partial charge in [0.05, 0.1) is 17.2 Å². The first-order valence-corrected chi connectivity index (χ1v) is 10.1. The lowest BCUT2D eigenvalue weighted by atomic mass is 10.1. The molecule has 146 valence electrons. The van der Waals surface area contributed by atoms with Crippen LogP contribution in [0.5, 0.6) is 5.75 Å². The van der Waals surface area contributed by atoms with Crippen molar-refractivity contribution in [3.05, 3.63) is 62.5 Å². The molecule has 0 aromatic heterocycles. The maximum absolute atomic E-state index is 6.49. The average Bonchev–Trinajstić information content (AvgIpc) is 3.30. The molecule has 2 aliphatic rings.